The number of aryl methyl sites for hydroxylation is 1. The predicted octanol–water partition coefficient (Wildman–Crippen LogP) is 7.02. The second kappa shape index (κ2) is 11.0. The number of hydrogen-bond acceptors (Lipinski definition) is 1. The van der Waals surface area contributed by atoms with E-state index in [2.05, 4.69) is 74.2 Å². The van der Waals surface area contributed by atoms with Crippen LogP contribution in [-0.4, -0.2) is 6.61 Å². The molecular formula is C27H34O. The molecule has 0 aromatic heterocycles. The summed E-state index contributed by atoms with van der Waals surface area (Å²) in [5.41, 5.74) is 3.44. The van der Waals surface area contributed by atoms with Crippen molar-refractivity contribution in [2.75, 3.05) is 6.61 Å². The van der Waals surface area contributed by atoms with Crippen LogP contribution in [0.5, 0.6) is 5.75 Å². The van der Waals surface area contributed by atoms with Crippen LogP contribution in [0.3, 0.4) is 0 Å². The van der Waals surface area contributed by atoms with E-state index in [0.29, 0.717) is 0 Å². The topological polar surface area (TPSA) is 9.23 Å². The highest BCUT2D eigenvalue weighted by atomic mass is 16.5. The first-order valence-electron chi connectivity index (χ1n) is 11.1. The van der Waals surface area contributed by atoms with E-state index in [1.165, 1.54) is 50.5 Å². The summed E-state index contributed by atoms with van der Waals surface area (Å²) in [6, 6.07) is 16.7. The van der Waals surface area contributed by atoms with Crippen LogP contribution in [0.1, 0.15) is 75.5 Å². The van der Waals surface area contributed by atoms with Gasteiger partial charge < -0.3 is 4.74 Å². The summed E-state index contributed by atoms with van der Waals surface area (Å²) in [5.74, 6) is 9.14. The van der Waals surface area contributed by atoms with Crippen LogP contribution in [0, 0.1) is 23.7 Å². The first-order valence-corrected chi connectivity index (χ1v) is 11.1. The van der Waals surface area contributed by atoms with Gasteiger partial charge in [0.15, 0.2) is 0 Å². The first kappa shape index (κ1) is 20.5. The second-order valence-electron chi connectivity index (χ2n) is 8.16. The largest absolute Gasteiger partial charge is 0.493 e. The summed E-state index contributed by atoms with van der Waals surface area (Å²) in [5, 5.41) is 0. The lowest BCUT2D eigenvalue weighted by molar-refractivity contribution is 0.178. The Labute approximate surface area is 171 Å². The average Bonchev–Trinajstić information content (AvgIpc) is 2.76. The van der Waals surface area contributed by atoms with E-state index in [9.17, 15) is 0 Å². The lowest BCUT2D eigenvalue weighted by Crippen LogP contribution is -2.20. The number of benzene rings is 2. The summed E-state index contributed by atoms with van der Waals surface area (Å²) >= 11 is 0. The van der Waals surface area contributed by atoms with Crippen LogP contribution in [0.15, 0.2) is 48.5 Å². The molecule has 0 heterocycles. The van der Waals surface area contributed by atoms with Gasteiger partial charge in [0.2, 0.25) is 0 Å². The Morgan fingerprint density at radius 3 is 1.93 bits per heavy atom. The van der Waals surface area contributed by atoms with Gasteiger partial charge in [0.25, 0.3) is 0 Å². The molecule has 1 saturated carbocycles. The molecular weight excluding hydrogens is 340 g/mol. The minimum Gasteiger partial charge on any atom is -0.493 e. The van der Waals surface area contributed by atoms with Gasteiger partial charge in [-0.2, -0.15) is 0 Å². The zero-order valence-corrected chi connectivity index (χ0v) is 17.5. The summed E-state index contributed by atoms with van der Waals surface area (Å²) in [4.78, 5) is 0. The van der Waals surface area contributed by atoms with Crippen molar-refractivity contribution < 1.29 is 4.74 Å². The van der Waals surface area contributed by atoms with Gasteiger partial charge in [-0.25, -0.2) is 0 Å². The molecule has 0 saturated heterocycles. The molecule has 1 aliphatic carbocycles. The van der Waals surface area contributed by atoms with Crippen LogP contribution in [0.25, 0.3) is 0 Å². The van der Waals surface area contributed by atoms with E-state index in [-0.39, 0.29) is 0 Å². The summed E-state index contributed by atoms with van der Waals surface area (Å²) < 4.78 is 6.06. The van der Waals surface area contributed by atoms with E-state index in [1.807, 2.05) is 0 Å². The number of hydrogen-bond donors (Lipinski definition) is 0. The third-order valence-corrected chi connectivity index (χ3v) is 5.99. The Bertz CT molecular complexity index is 753. The van der Waals surface area contributed by atoms with Crippen molar-refractivity contribution in [3.63, 3.8) is 0 Å². The molecule has 28 heavy (non-hydrogen) atoms. The first-order chi connectivity index (χ1) is 13.8. The van der Waals surface area contributed by atoms with Crippen LogP contribution < -0.4 is 4.74 Å². The summed E-state index contributed by atoms with van der Waals surface area (Å²) in [7, 11) is 0. The Morgan fingerprint density at radius 1 is 0.786 bits per heavy atom. The van der Waals surface area contributed by atoms with Crippen molar-refractivity contribution in [1.29, 1.82) is 0 Å². The lowest BCUT2D eigenvalue weighted by Gasteiger charge is -2.28. The van der Waals surface area contributed by atoms with Gasteiger partial charge in [-0.15, -0.1) is 0 Å². The molecule has 1 nitrogen and oxygen atoms in total. The van der Waals surface area contributed by atoms with E-state index in [0.717, 1.165) is 41.7 Å². The molecule has 1 heteroatoms. The fraction of sp³-hybridized carbons (Fsp3) is 0.481. The van der Waals surface area contributed by atoms with E-state index in [1.54, 1.807) is 0 Å². The standard InChI is InChI=1S/C27H34O/c1-3-5-6-23-13-15-26(16-14-23)21-28-27-19-17-25(18-20-27)12-11-24-9-7-22(4-2)8-10-24/h7-10,17-20,23,26H,3-6,13-16,21H2,1-2H3/t23-,26-. The van der Waals surface area contributed by atoms with Gasteiger partial charge in [-0.05, 0) is 73.1 Å². The maximum atomic E-state index is 6.06. The molecule has 3 rings (SSSR count). The van der Waals surface area contributed by atoms with Crippen molar-refractivity contribution in [2.24, 2.45) is 11.8 Å². The maximum absolute atomic E-state index is 6.06. The molecule has 1 aliphatic rings. The quantitative estimate of drug-likeness (QED) is 0.473. The predicted molar refractivity (Wildman–Crippen MR) is 119 cm³/mol. The molecule has 0 spiro atoms. The zero-order valence-electron chi connectivity index (χ0n) is 17.5. The highest BCUT2D eigenvalue weighted by Crippen LogP contribution is 2.32. The molecule has 0 bridgehead atoms. The van der Waals surface area contributed by atoms with Crippen LogP contribution in [-0.2, 0) is 6.42 Å². The summed E-state index contributed by atoms with van der Waals surface area (Å²) in [6.07, 6.45) is 10.7. The highest BCUT2D eigenvalue weighted by Gasteiger charge is 2.21. The molecule has 0 N–H and O–H groups in total. The molecule has 0 radical (unpaired) electrons. The van der Waals surface area contributed by atoms with E-state index < -0.39 is 0 Å². The average molecular weight is 375 g/mol. The molecule has 0 atom stereocenters. The van der Waals surface area contributed by atoms with Crippen molar-refractivity contribution in [2.45, 2.75) is 65.2 Å². The van der Waals surface area contributed by atoms with Gasteiger partial charge in [0.05, 0.1) is 6.61 Å². The molecule has 148 valence electrons. The zero-order chi connectivity index (χ0) is 19.6. The van der Waals surface area contributed by atoms with Crippen LogP contribution in [0.2, 0.25) is 0 Å². The van der Waals surface area contributed by atoms with Crippen molar-refractivity contribution in [3.05, 3.63) is 65.2 Å². The second-order valence-corrected chi connectivity index (χ2v) is 8.16. The Balaban J connectivity index is 1.44. The fourth-order valence-corrected chi connectivity index (χ4v) is 4.00. The molecule has 2 aromatic carbocycles. The van der Waals surface area contributed by atoms with Crippen LogP contribution in [0.4, 0.5) is 0 Å². The Morgan fingerprint density at radius 2 is 1.36 bits per heavy atom. The third-order valence-electron chi connectivity index (χ3n) is 5.99. The smallest absolute Gasteiger partial charge is 0.119 e. The fourth-order valence-electron chi connectivity index (χ4n) is 4.00. The number of rotatable bonds is 7. The normalized spacial score (nSPS) is 18.9. The van der Waals surface area contributed by atoms with Gasteiger partial charge in [0.1, 0.15) is 5.75 Å². The van der Waals surface area contributed by atoms with Crippen LogP contribution >= 0.6 is 0 Å². The number of unbranched alkanes of at least 4 members (excludes halogenated alkanes) is 1. The minimum absolute atomic E-state index is 0.725. The lowest BCUT2D eigenvalue weighted by atomic mass is 9.80. The molecule has 1 fully saturated rings. The molecule has 0 amide bonds. The monoisotopic (exact) mass is 374 g/mol. The van der Waals surface area contributed by atoms with Crippen molar-refractivity contribution in [3.8, 4) is 17.6 Å². The molecule has 0 unspecified atom stereocenters. The molecule has 2 aromatic rings. The third kappa shape index (κ3) is 6.45. The SMILES string of the molecule is CCCC[C@H]1CC[C@H](COc2ccc(C#Cc3ccc(CC)cc3)cc2)CC1. The highest BCUT2D eigenvalue weighted by molar-refractivity contribution is 5.44. The van der Waals surface area contributed by atoms with Crippen molar-refractivity contribution >= 4 is 0 Å². The maximum Gasteiger partial charge on any atom is 0.119 e. The van der Waals surface area contributed by atoms with Gasteiger partial charge >= 0.3 is 0 Å². The van der Waals surface area contributed by atoms with Gasteiger partial charge in [-0.1, -0.05) is 69.9 Å². The molecule has 0 aliphatic heterocycles. The van der Waals surface area contributed by atoms with E-state index in [4.69, 9.17) is 4.74 Å². The van der Waals surface area contributed by atoms with Crippen molar-refractivity contribution in [1.82, 2.24) is 0 Å². The van der Waals surface area contributed by atoms with E-state index >= 15 is 0 Å². The number of ether oxygens (including phenoxy) is 1. The Kier molecular flexibility index (Phi) is 8.04. The Hall–Kier alpha value is -2.20. The van der Waals surface area contributed by atoms with Gasteiger partial charge in [-0.3, -0.25) is 0 Å². The summed E-state index contributed by atoms with van der Waals surface area (Å²) in [6.45, 7) is 5.32. The minimum atomic E-state index is 0.725. The van der Waals surface area contributed by atoms with Gasteiger partial charge in [0, 0.05) is 11.1 Å².